The molecule has 0 saturated carbocycles. The van der Waals surface area contributed by atoms with Gasteiger partial charge in [0.1, 0.15) is 4.90 Å². The number of halogens is 1. The van der Waals surface area contributed by atoms with Crippen LogP contribution in [-0.4, -0.2) is 43.8 Å². The van der Waals surface area contributed by atoms with Crippen LogP contribution in [0.4, 0.5) is 0 Å². The van der Waals surface area contributed by atoms with Crippen molar-refractivity contribution in [2.45, 2.75) is 37.4 Å². The summed E-state index contributed by atoms with van der Waals surface area (Å²) in [5.74, 6) is -0.253. The lowest BCUT2D eigenvalue weighted by Gasteiger charge is -2.13. The molecule has 1 unspecified atom stereocenters. The van der Waals surface area contributed by atoms with E-state index in [-0.39, 0.29) is 40.6 Å². The van der Waals surface area contributed by atoms with Gasteiger partial charge < -0.3 is 13.9 Å². The predicted molar refractivity (Wildman–Crippen MR) is 93.8 cm³/mol. The Kier molecular flexibility index (Phi) is 6.10. The van der Waals surface area contributed by atoms with E-state index in [1.165, 1.54) is 18.2 Å². The number of nitrogens with one attached hydrogen (secondary N) is 1. The number of aromatic nitrogens is 2. The Bertz CT molecular complexity index is 924. The van der Waals surface area contributed by atoms with E-state index in [1.54, 1.807) is 6.92 Å². The third-order valence-corrected chi connectivity index (χ3v) is 5.78. The average molecular weight is 416 g/mol. The summed E-state index contributed by atoms with van der Waals surface area (Å²) in [5, 5.41) is 7.34. The molecule has 0 spiro atoms. The molecule has 1 aromatic heterocycles. The van der Waals surface area contributed by atoms with Crippen LogP contribution in [0.25, 0.3) is 0 Å². The Hall–Kier alpha value is -2.01. The first-order chi connectivity index (χ1) is 12.8. The maximum Gasteiger partial charge on any atom is 0.338 e. The van der Waals surface area contributed by atoms with Crippen molar-refractivity contribution >= 4 is 27.6 Å². The van der Waals surface area contributed by atoms with Crippen molar-refractivity contribution in [3.8, 4) is 0 Å². The monoisotopic (exact) mass is 415 g/mol. The van der Waals surface area contributed by atoms with Crippen LogP contribution in [0, 0.1) is 6.92 Å². The fourth-order valence-electron chi connectivity index (χ4n) is 2.53. The number of benzene rings is 1. The van der Waals surface area contributed by atoms with Gasteiger partial charge in [-0.2, -0.15) is 0 Å². The van der Waals surface area contributed by atoms with Crippen LogP contribution in [0.2, 0.25) is 5.02 Å². The topological polar surface area (TPSA) is 121 Å². The van der Waals surface area contributed by atoms with E-state index in [9.17, 15) is 13.2 Å². The molecule has 1 atom stereocenters. The summed E-state index contributed by atoms with van der Waals surface area (Å²) in [6, 6.07) is 3.88. The van der Waals surface area contributed by atoms with Crippen LogP contribution in [0.5, 0.6) is 0 Å². The minimum atomic E-state index is -3.91. The molecule has 27 heavy (non-hydrogen) atoms. The van der Waals surface area contributed by atoms with Crippen molar-refractivity contribution in [1.82, 2.24) is 14.9 Å². The molecule has 2 heterocycles. The van der Waals surface area contributed by atoms with Crippen LogP contribution in [0.15, 0.2) is 27.5 Å². The van der Waals surface area contributed by atoms with Gasteiger partial charge in [-0.1, -0.05) is 11.6 Å². The normalized spacial score (nSPS) is 17.2. The van der Waals surface area contributed by atoms with Gasteiger partial charge in [0.15, 0.2) is 6.61 Å². The van der Waals surface area contributed by atoms with Crippen LogP contribution in [0.3, 0.4) is 0 Å². The lowest BCUT2D eigenvalue weighted by molar-refractivity contribution is 0.0436. The van der Waals surface area contributed by atoms with E-state index in [2.05, 4.69) is 14.9 Å². The minimum Gasteiger partial charge on any atom is -0.452 e. The molecule has 0 radical (unpaired) electrons. The molecule has 3 rings (SSSR count). The second kappa shape index (κ2) is 8.34. The predicted octanol–water partition coefficient (Wildman–Crippen LogP) is 1.85. The van der Waals surface area contributed by atoms with E-state index in [0.29, 0.717) is 12.5 Å². The number of rotatable bonds is 7. The number of hydrogen-bond acceptors (Lipinski definition) is 8. The smallest absolute Gasteiger partial charge is 0.338 e. The van der Waals surface area contributed by atoms with Crippen LogP contribution in [0.1, 0.15) is 35.0 Å². The molecule has 0 aliphatic carbocycles. The van der Waals surface area contributed by atoms with E-state index < -0.39 is 16.0 Å². The van der Waals surface area contributed by atoms with Crippen LogP contribution < -0.4 is 4.72 Å². The Morgan fingerprint density at radius 1 is 1.41 bits per heavy atom. The number of nitrogens with zero attached hydrogens (tertiary/aromatic N) is 2. The van der Waals surface area contributed by atoms with E-state index in [1.807, 2.05) is 0 Å². The molecule has 0 bridgehead atoms. The number of esters is 1. The van der Waals surface area contributed by atoms with Gasteiger partial charge in [0, 0.05) is 20.1 Å². The van der Waals surface area contributed by atoms with Crippen molar-refractivity contribution in [2.24, 2.45) is 0 Å². The molecule has 11 heteroatoms. The Labute approximate surface area is 161 Å². The Balaban J connectivity index is 1.69. The molecule has 1 aromatic carbocycles. The summed E-state index contributed by atoms with van der Waals surface area (Å²) in [6.45, 7) is 2.15. The molecule has 1 saturated heterocycles. The summed E-state index contributed by atoms with van der Waals surface area (Å²) in [7, 11) is -3.91. The largest absolute Gasteiger partial charge is 0.452 e. The quantitative estimate of drug-likeness (QED) is 0.680. The fourth-order valence-corrected chi connectivity index (χ4v) is 4.12. The Morgan fingerprint density at radius 2 is 2.22 bits per heavy atom. The summed E-state index contributed by atoms with van der Waals surface area (Å²) in [6.07, 6.45) is 1.52. The molecular weight excluding hydrogens is 398 g/mol. The molecular formula is C16H18ClN3O6S. The van der Waals surface area contributed by atoms with Crippen LogP contribution >= 0.6 is 11.6 Å². The molecule has 1 fully saturated rings. The second-order valence-electron chi connectivity index (χ2n) is 5.92. The maximum absolute atomic E-state index is 12.5. The SMILES string of the molecule is Cc1nnc(COC(=O)c2ccc(Cl)c(S(=O)(=O)NCC3CCCO3)c2)o1. The third kappa shape index (κ3) is 5.04. The zero-order valence-electron chi connectivity index (χ0n) is 14.5. The van der Waals surface area contributed by atoms with Gasteiger partial charge in [-0.15, -0.1) is 10.2 Å². The summed E-state index contributed by atoms with van der Waals surface area (Å²) in [5.41, 5.74) is 0.0353. The van der Waals surface area contributed by atoms with Gasteiger partial charge in [0.2, 0.25) is 15.9 Å². The minimum absolute atomic E-state index is 0.00100. The van der Waals surface area contributed by atoms with Gasteiger partial charge in [-0.25, -0.2) is 17.9 Å². The van der Waals surface area contributed by atoms with Crippen molar-refractivity contribution in [3.05, 3.63) is 40.6 Å². The number of carbonyl (C=O) groups excluding carboxylic acids is 1. The number of carbonyl (C=O) groups is 1. The van der Waals surface area contributed by atoms with E-state index in [4.69, 9.17) is 25.5 Å². The lowest BCUT2D eigenvalue weighted by Crippen LogP contribution is -2.32. The molecule has 1 N–H and O–H groups in total. The van der Waals surface area contributed by atoms with Crippen molar-refractivity contribution in [2.75, 3.05) is 13.2 Å². The average Bonchev–Trinajstić information content (AvgIpc) is 3.30. The van der Waals surface area contributed by atoms with E-state index >= 15 is 0 Å². The molecule has 146 valence electrons. The zero-order valence-corrected chi connectivity index (χ0v) is 16.0. The highest BCUT2D eigenvalue weighted by molar-refractivity contribution is 7.89. The highest BCUT2D eigenvalue weighted by Gasteiger charge is 2.24. The lowest BCUT2D eigenvalue weighted by atomic mass is 10.2. The Morgan fingerprint density at radius 3 is 2.89 bits per heavy atom. The molecule has 9 nitrogen and oxygen atoms in total. The summed E-state index contributed by atoms with van der Waals surface area (Å²) in [4.78, 5) is 12.0. The zero-order chi connectivity index (χ0) is 19.4. The molecule has 0 amide bonds. The second-order valence-corrected chi connectivity index (χ2v) is 8.07. The molecule has 1 aliphatic rings. The first kappa shape index (κ1) is 19.7. The van der Waals surface area contributed by atoms with Gasteiger partial charge >= 0.3 is 5.97 Å². The number of sulfonamides is 1. The number of aryl methyl sites for hydroxylation is 1. The maximum atomic E-state index is 12.5. The van der Waals surface area contributed by atoms with Crippen molar-refractivity contribution in [1.29, 1.82) is 0 Å². The highest BCUT2D eigenvalue weighted by atomic mass is 35.5. The van der Waals surface area contributed by atoms with Crippen molar-refractivity contribution in [3.63, 3.8) is 0 Å². The standard InChI is InChI=1S/C16H18ClN3O6S/c1-10-19-20-15(26-10)9-25-16(21)11-4-5-13(17)14(7-11)27(22,23)18-8-12-3-2-6-24-12/h4-5,7,12,18H,2-3,6,8-9H2,1H3. The van der Waals surface area contributed by atoms with Gasteiger partial charge in [0.05, 0.1) is 16.7 Å². The molecule has 1 aliphatic heterocycles. The fraction of sp³-hybridized carbons (Fsp3) is 0.438. The van der Waals surface area contributed by atoms with Gasteiger partial charge in [-0.3, -0.25) is 0 Å². The number of ether oxygens (including phenoxy) is 2. The summed E-state index contributed by atoms with van der Waals surface area (Å²) >= 11 is 6.02. The molecule has 2 aromatic rings. The highest BCUT2D eigenvalue weighted by Crippen LogP contribution is 2.23. The van der Waals surface area contributed by atoms with Gasteiger partial charge in [0.25, 0.3) is 5.89 Å². The first-order valence-corrected chi connectivity index (χ1v) is 10.1. The van der Waals surface area contributed by atoms with Gasteiger partial charge in [-0.05, 0) is 31.0 Å². The van der Waals surface area contributed by atoms with Crippen LogP contribution in [-0.2, 0) is 26.1 Å². The first-order valence-electron chi connectivity index (χ1n) is 8.22. The third-order valence-electron chi connectivity index (χ3n) is 3.88. The van der Waals surface area contributed by atoms with E-state index in [0.717, 1.165) is 12.8 Å². The summed E-state index contributed by atoms with van der Waals surface area (Å²) < 4.78 is 43.1. The van der Waals surface area contributed by atoms with Crippen molar-refractivity contribution < 1.29 is 27.1 Å². The number of hydrogen-bond donors (Lipinski definition) is 1.